The molecule has 0 saturated heterocycles. The Labute approximate surface area is 458 Å². The average molecular weight is 1030 g/mol. The zero-order valence-corrected chi connectivity index (χ0v) is 47.0. The van der Waals surface area contributed by atoms with Gasteiger partial charge in [0, 0.05) is 19.3 Å². The van der Waals surface area contributed by atoms with E-state index in [9.17, 15) is 14.4 Å². The number of hydrogen-bond acceptors (Lipinski definition) is 6. The van der Waals surface area contributed by atoms with Gasteiger partial charge in [-0.1, -0.05) is 234 Å². The van der Waals surface area contributed by atoms with Crippen LogP contribution in [-0.2, 0) is 28.6 Å². The van der Waals surface area contributed by atoms with Crippen LogP contribution in [0.25, 0.3) is 0 Å². The van der Waals surface area contributed by atoms with Gasteiger partial charge in [0.05, 0.1) is 0 Å². The van der Waals surface area contributed by atoms with Gasteiger partial charge >= 0.3 is 17.9 Å². The molecule has 0 heterocycles. The van der Waals surface area contributed by atoms with E-state index in [1.54, 1.807) is 0 Å². The molecule has 412 valence electrons. The largest absolute Gasteiger partial charge is 0.462 e. The molecule has 1 atom stereocenters. The van der Waals surface area contributed by atoms with Crippen LogP contribution in [0.4, 0.5) is 0 Å². The first kappa shape index (κ1) is 69.0. The van der Waals surface area contributed by atoms with E-state index in [-0.39, 0.29) is 38.4 Å². The minimum absolute atomic E-state index is 0.162. The van der Waals surface area contributed by atoms with Crippen molar-refractivity contribution in [2.24, 2.45) is 0 Å². The molecule has 0 saturated carbocycles. The van der Waals surface area contributed by atoms with Crippen molar-refractivity contribution in [1.29, 1.82) is 0 Å². The molecule has 6 heteroatoms. The number of carbonyl (C=O) groups excluding carboxylic acids is 3. The van der Waals surface area contributed by atoms with Gasteiger partial charge < -0.3 is 14.2 Å². The van der Waals surface area contributed by atoms with Crippen molar-refractivity contribution in [1.82, 2.24) is 0 Å². The third-order valence-corrected chi connectivity index (χ3v) is 10.8. The predicted octanol–water partition coefficient (Wildman–Crippen LogP) is 19.6. The van der Waals surface area contributed by atoms with Crippen molar-refractivity contribution in [2.75, 3.05) is 13.2 Å². The van der Waals surface area contributed by atoms with Gasteiger partial charge in [-0.3, -0.25) is 14.4 Å². The lowest BCUT2D eigenvalue weighted by Crippen LogP contribution is -2.30. The molecule has 0 spiro atoms. The van der Waals surface area contributed by atoms with Gasteiger partial charge in [-0.15, -0.1) is 0 Å². The number of carbonyl (C=O) groups is 3. The molecule has 75 heavy (non-hydrogen) atoms. The summed E-state index contributed by atoms with van der Waals surface area (Å²) in [7, 11) is 0. The second-order valence-corrected chi connectivity index (χ2v) is 17.7. The molecular weight excluding hydrogens is 925 g/mol. The Kier molecular flexibility index (Phi) is 55.7. The molecular formula is C69H100O6. The minimum Gasteiger partial charge on any atom is -0.462 e. The van der Waals surface area contributed by atoms with Crippen LogP contribution in [0.2, 0.25) is 0 Å². The maximum absolute atomic E-state index is 12.8. The number of ether oxygens (including phenoxy) is 3. The van der Waals surface area contributed by atoms with Crippen LogP contribution in [0.1, 0.15) is 188 Å². The lowest BCUT2D eigenvalue weighted by atomic mass is 10.1. The molecule has 0 aliphatic carbocycles. The number of hydrogen-bond donors (Lipinski definition) is 0. The molecule has 0 aliphatic heterocycles. The highest BCUT2D eigenvalue weighted by molar-refractivity contribution is 5.71. The highest BCUT2D eigenvalue weighted by Crippen LogP contribution is 2.09. The minimum atomic E-state index is -0.878. The molecule has 0 amide bonds. The molecule has 0 aromatic carbocycles. The van der Waals surface area contributed by atoms with E-state index in [1.807, 2.05) is 24.3 Å². The maximum Gasteiger partial charge on any atom is 0.306 e. The van der Waals surface area contributed by atoms with E-state index in [4.69, 9.17) is 14.2 Å². The molecule has 0 rings (SSSR count). The molecule has 0 aromatic rings. The summed E-state index contributed by atoms with van der Waals surface area (Å²) < 4.78 is 16.7. The van der Waals surface area contributed by atoms with Gasteiger partial charge in [0.2, 0.25) is 0 Å². The van der Waals surface area contributed by atoms with Gasteiger partial charge in [-0.25, -0.2) is 0 Å². The van der Waals surface area contributed by atoms with E-state index in [0.717, 1.165) is 128 Å². The fourth-order valence-corrected chi connectivity index (χ4v) is 6.64. The van der Waals surface area contributed by atoms with E-state index >= 15 is 0 Å². The van der Waals surface area contributed by atoms with E-state index in [1.165, 1.54) is 0 Å². The summed E-state index contributed by atoms with van der Waals surface area (Å²) in [4.78, 5) is 38.1. The smallest absolute Gasteiger partial charge is 0.306 e. The number of rotatable bonds is 48. The molecule has 0 bridgehead atoms. The summed E-state index contributed by atoms with van der Waals surface area (Å²) in [5, 5.41) is 0. The second kappa shape index (κ2) is 60.5. The zero-order valence-electron chi connectivity index (χ0n) is 47.0. The van der Waals surface area contributed by atoms with Gasteiger partial charge in [0.25, 0.3) is 0 Å². The normalized spacial score (nSPS) is 13.7. The summed E-state index contributed by atoms with van der Waals surface area (Å²) >= 11 is 0. The number of allylic oxidation sites excluding steroid dienone is 34. The zero-order chi connectivity index (χ0) is 54.3. The van der Waals surface area contributed by atoms with Crippen LogP contribution in [0.5, 0.6) is 0 Å². The monoisotopic (exact) mass is 1020 g/mol. The molecule has 6 nitrogen and oxygen atoms in total. The van der Waals surface area contributed by atoms with Crippen molar-refractivity contribution in [3.05, 3.63) is 207 Å². The van der Waals surface area contributed by atoms with Gasteiger partial charge in [0.15, 0.2) is 6.10 Å². The third kappa shape index (κ3) is 58.7. The summed E-state index contributed by atoms with van der Waals surface area (Å²) in [5.41, 5.74) is 0. The van der Waals surface area contributed by atoms with E-state index in [0.29, 0.717) is 19.3 Å². The number of esters is 3. The summed E-state index contributed by atoms with van der Waals surface area (Å²) in [6, 6.07) is 0. The van der Waals surface area contributed by atoms with Crippen LogP contribution in [-0.4, -0.2) is 37.2 Å². The van der Waals surface area contributed by atoms with Gasteiger partial charge in [-0.2, -0.15) is 0 Å². The van der Waals surface area contributed by atoms with E-state index in [2.05, 4.69) is 203 Å². The highest BCUT2D eigenvalue weighted by Gasteiger charge is 2.19. The van der Waals surface area contributed by atoms with Crippen molar-refractivity contribution >= 4 is 17.9 Å². The average Bonchev–Trinajstić information content (AvgIpc) is 3.41. The van der Waals surface area contributed by atoms with Crippen LogP contribution < -0.4 is 0 Å². The van der Waals surface area contributed by atoms with Gasteiger partial charge in [0.1, 0.15) is 13.2 Å². The Morgan fingerprint density at radius 2 is 0.507 bits per heavy atom. The van der Waals surface area contributed by atoms with Crippen molar-refractivity contribution in [3.63, 3.8) is 0 Å². The Hall–Kier alpha value is -6.01. The predicted molar refractivity (Wildman–Crippen MR) is 324 cm³/mol. The van der Waals surface area contributed by atoms with E-state index < -0.39 is 18.0 Å². The van der Waals surface area contributed by atoms with Crippen molar-refractivity contribution < 1.29 is 28.6 Å². The molecule has 0 fully saturated rings. The summed E-state index contributed by atoms with van der Waals surface area (Å²) in [6.07, 6.45) is 94.1. The standard InChI is InChI=1S/C69H100O6/c1-4-7-10-13-16-19-22-25-28-31-34-37-40-43-46-49-52-55-58-61-67(70)73-64-66(75-69(72)63-60-57-54-51-48-45-42-39-36-33-30-27-24-21-18-15-12-9-6-3)65-74-68(71)62-59-56-53-50-47-44-41-38-35-32-29-26-23-20-17-14-11-8-5-2/h7-12,16-21,25-30,34-39,43-48,52,54-55,57,66H,4-6,13-15,22-24,31-33,40-42,49-51,53,56,58-65H2,1-3H3/b10-7-,11-8-,12-9-,19-16-,20-17-,21-18-,28-25-,29-26-,30-27-,37-34-,38-35-,39-36-,46-43-,47-44-,48-45-,55-52-,57-54-/t66-/m0/s1. The van der Waals surface area contributed by atoms with Crippen LogP contribution in [0, 0.1) is 0 Å². The Morgan fingerprint density at radius 3 is 0.800 bits per heavy atom. The van der Waals surface area contributed by atoms with Crippen molar-refractivity contribution in [2.45, 2.75) is 194 Å². The maximum atomic E-state index is 12.8. The lowest BCUT2D eigenvalue weighted by molar-refractivity contribution is -0.166. The van der Waals surface area contributed by atoms with Crippen LogP contribution >= 0.6 is 0 Å². The fraction of sp³-hybridized carbons (Fsp3) is 0.464. The Morgan fingerprint density at radius 1 is 0.267 bits per heavy atom. The first-order valence-electron chi connectivity index (χ1n) is 28.6. The quantitative estimate of drug-likeness (QED) is 0.0261. The molecule has 0 N–H and O–H groups in total. The van der Waals surface area contributed by atoms with Crippen molar-refractivity contribution in [3.8, 4) is 0 Å². The Balaban J connectivity index is 4.73. The molecule has 0 unspecified atom stereocenters. The highest BCUT2D eigenvalue weighted by atomic mass is 16.6. The second-order valence-electron chi connectivity index (χ2n) is 17.7. The summed E-state index contributed by atoms with van der Waals surface area (Å²) in [6.45, 7) is 6.11. The molecule has 0 radical (unpaired) electrons. The first-order chi connectivity index (χ1) is 37.0. The third-order valence-electron chi connectivity index (χ3n) is 10.8. The Bertz CT molecular complexity index is 1900. The SMILES string of the molecule is CC/C=C\C/C=C\C/C=C\C/C=C\C/C=C\C/C=C\CCC(=O)OC[C@@H](COC(=O)CCCCC/C=C\C/C=C\C/C=C\C/C=C\C/C=C\CC)OC(=O)CC/C=C\C/C=C\C/C=C\C/C=C\C/C=C\C/C=C\CC. The number of unbranched alkanes of at least 4 members (excludes halogenated alkanes) is 3. The fourth-order valence-electron chi connectivity index (χ4n) is 6.64. The first-order valence-corrected chi connectivity index (χ1v) is 28.6. The summed E-state index contributed by atoms with van der Waals surface area (Å²) in [5.74, 6) is -1.18. The topological polar surface area (TPSA) is 78.9 Å². The van der Waals surface area contributed by atoms with Crippen LogP contribution in [0.3, 0.4) is 0 Å². The molecule has 0 aromatic heterocycles. The lowest BCUT2D eigenvalue weighted by Gasteiger charge is -2.18. The van der Waals surface area contributed by atoms with Crippen LogP contribution in [0.15, 0.2) is 207 Å². The van der Waals surface area contributed by atoms with Gasteiger partial charge in [-0.05, 0) is 141 Å². The molecule has 0 aliphatic rings.